The van der Waals surface area contributed by atoms with Gasteiger partial charge in [0.15, 0.2) is 5.82 Å². The molecule has 0 atom stereocenters. The van der Waals surface area contributed by atoms with Crippen LogP contribution in [0.5, 0.6) is 0 Å². The molecule has 4 rings (SSSR count). The van der Waals surface area contributed by atoms with Crippen molar-refractivity contribution in [3.63, 3.8) is 0 Å². The largest absolute Gasteiger partial charge is 0.478 e. The number of benzene rings is 2. The quantitative estimate of drug-likeness (QED) is 0.628. The molecule has 0 aliphatic carbocycles. The molecule has 0 saturated carbocycles. The lowest BCUT2D eigenvalue weighted by atomic mass is 10.0. The van der Waals surface area contributed by atoms with Crippen molar-refractivity contribution >= 4 is 45.8 Å². The van der Waals surface area contributed by atoms with E-state index in [1.165, 1.54) is 18.2 Å². The fourth-order valence-electron chi connectivity index (χ4n) is 2.99. The zero-order valence-corrected chi connectivity index (χ0v) is 13.7. The Bertz CT molecular complexity index is 1120. The molecule has 1 aliphatic rings. The smallest absolute Gasteiger partial charge is 0.335 e. The summed E-state index contributed by atoms with van der Waals surface area (Å²) in [4.78, 5) is 39.9. The van der Waals surface area contributed by atoms with Gasteiger partial charge in [0.25, 0.3) is 11.7 Å². The van der Waals surface area contributed by atoms with Crippen molar-refractivity contribution in [3.8, 4) is 0 Å². The van der Waals surface area contributed by atoms with E-state index < -0.39 is 17.7 Å². The molecule has 128 valence electrons. The standard InChI is InChI=1S/C19H13N3O4/c1-9-3-2-4-11(7-9)20-17-15-14(16(23)18(24)22-15)12-6-5-10(19(25)26)8-13(12)21-17/h2-8H,1H3,(H,20,21)(H,25,26)(H,22,23,24). The molecule has 2 aromatic carbocycles. The highest BCUT2D eigenvalue weighted by molar-refractivity contribution is 6.54. The van der Waals surface area contributed by atoms with Gasteiger partial charge in [0, 0.05) is 11.1 Å². The predicted octanol–water partition coefficient (Wildman–Crippen LogP) is 3.12. The highest BCUT2D eigenvalue weighted by Crippen LogP contribution is 2.37. The lowest BCUT2D eigenvalue weighted by molar-refractivity contribution is -0.112. The molecular formula is C19H13N3O4. The number of pyridine rings is 1. The third kappa shape index (κ3) is 2.46. The van der Waals surface area contributed by atoms with Crippen molar-refractivity contribution in [1.82, 2.24) is 4.98 Å². The van der Waals surface area contributed by atoms with E-state index >= 15 is 0 Å². The maximum atomic E-state index is 12.3. The number of nitrogens with zero attached hydrogens (tertiary/aromatic N) is 1. The fourth-order valence-corrected chi connectivity index (χ4v) is 2.99. The minimum atomic E-state index is -1.09. The Morgan fingerprint density at radius 2 is 1.96 bits per heavy atom. The van der Waals surface area contributed by atoms with Crippen LogP contribution >= 0.6 is 0 Å². The van der Waals surface area contributed by atoms with E-state index in [0.29, 0.717) is 22.4 Å². The summed E-state index contributed by atoms with van der Waals surface area (Å²) in [5.41, 5.74) is 2.65. The first-order chi connectivity index (χ1) is 12.4. The maximum Gasteiger partial charge on any atom is 0.335 e. The van der Waals surface area contributed by atoms with Crippen molar-refractivity contribution in [1.29, 1.82) is 0 Å². The van der Waals surface area contributed by atoms with Crippen LogP contribution in [0.25, 0.3) is 10.9 Å². The normalized spacial score (nSPS) is 12.8. The molecule has 2 heterocycles. The van der Waals surface area contributed by atoms with E-state index in [0.717, 1.165) is 11.3 Å². The first-order valence-electron chi connectivity index (χ1n) is 7.84. The predicted molar refractivity (Wildman–Crippen MR) is 96.1 cm³/mol. The molecule has 7 nitrogen and oxygen atoms in total. The number of carboxylic acid groups (broad SMARTS) is 1. The van der Waals surface area contributed by atoms with E-state index in [2.05, 4.69) is 15.6 Å². The van der Waals surface area contributed by atoms with Crippen LogP contribution in [-0.2, 0) is 4.79 Å². The monoisotopic (exact) mass is 347 g/mol. The number of rotatable bonds is 3. The zero-order chi connectivity index (χ0) is 18.4. The van der Waals surface area contributed by atoms with E-state index in [1.807, 2.05) is 31.2 Å². The zero-order valence-electron chi connectivity index (χ0n) is 13.7. The molecular weight excluding hydrogens is 334 g/mol. The second-order valence-electron chi connectivity index (χ2n) is 6.03. The van der Waals surface area contributed by atoms with Crippen LogP contribution in [0.2, 0.25) is 0 Å². The molecule has 1 aliphatic heterocycles. The molecule has 0 fully saturated rings. The number of Topliss-reactive ketones (excluding diaryl/α,β-unsaturated/α-hetero) is 1. The summed E-state index contributed by atoms with van der Waals surface area (Å²) in [6, 6.07) is 11.8. The van der Waals surface area contributed by atoms with Crippen LogP contribution in [-0.4, -0.2) is 27.8 Å². The maximum absolute atomic E-state index is 12.3. The molecule has 0 spiro atoms. The van der Waals surface area contributed by atoms with Crippen LogP contribution in [0, 0.1) is 6.92 Å². The van der Waals surface area contributed by atoms with Gasteiger partial charge in [-0.05, 0) is 36.8 Å². The van der Waals surface area contributed by atoms with Gasteiger partial charge in [-0.1, -0.05) is 18.2 Å². The fraction of sp³-hybridized carbons (Fsp3) is 0.0526. The molecule has 7 heteroatoms. The van der Waals surface area contributed by atoms with E-state index in [4.69, 9.17) is 0 Å². The topological polar surface area (TPSA) is 108 Å². The lowest BCUT2D eigenvalue weighted by Crippen LogP contribution is -2.12. The Hall–Kier alpha value is -3.74. The average Bonchev–Trinajstić information content (AvgIpc) is 2.90. The van der Waals surface area contributed by atoms with Gasteiger partial charge in [-0.25, -0.2) is 9.78 Å². The number of hydrogen-bond acceptors (Lipinski definition) is 5. The van der Waals surface area contributed by atoms with Crippen molar-refractivity contribution in [2.75, 3.05) is 10.6 Å². The second-order valence-corrected chi connectivity index (χ2v) is 6.03. The third-order valence-corrected chi connectivity index (χ3v) is 4.19. The number of ketones is 1. The van der Waals surface area contributed by atoms with Crippen molar-refractivity contribution in [2.24, 2.45) is 0 Å². The summed E-state index contributed by atoms with van der Waals surface area (Å²) >= 11 is 0. The SMILES string of the molecule is Cc1cccc(Nc2nc3cc(C(=O)O)ccc3c3c2NC(=O)C3=O)c1. The van der Waals surface area contributed by atoms with Crippen molar-refractivity contribution < 1.29 is 19.5 Å². The van der Waals surface area contributed by atoms with Gasteiger partial charge in [0.2, 0.25) is 0 Å². The highest BCUT2D eigenvalue weighted by Gasteiger charge is 2.33. The number of fused-ring (bicyclic) bond motifs is 3. The average molecular weight is 347 g/mol. The molecule has 0 bridgehead atoms. The minimum Gasteiger partial charge on any atom is -0.478 e. The Labute approximate surface area is 147 Å². The van der Waals surface area contributed by atoms with Gasteiger partial charge in [-0.15, -0.1) is 0 Å². The number of anilines is 3. The third-order valence-electron chi connectivity index (χ3n) is 4.19. The lowest BCUT2D eigenvalue weighted by Gasteiger charge is -2.12. The minimum absolute atomic E-state index is 0.0520. The Morgan fingerprint density at radius 1 is 1.15 bits per heavy atom. The Kier molecular flexibility index (Phi) is 3.43. The summed E-state index contributed by atoms with van der Waals surface area (Å²) in [7, 11) is 0. The first-order valence-corrected chi connectivity index (χ1v) is 7.84. The summed E-state index contributed by atoms with van der Waals surface area (Å²) < 4.78 is 0. The van der Waals surface area contributed by atoms with E-state index in [9.17, 15) is 19.5 Å². The number of hydrogen-bond donors (Lipinski definition) is 3. The number of aryl methyl sites for hydroxylation is 1. The van der Waals surface area contributed by atoms with Crippen LogP contribution < -0.4 is 10.6 Å². The number of carbonyl (C=O) groups excluding carboxylic acids is 2. The van der Waals surface area contributed by atoms with Crippen LogP contribution in [0.4, 0.5) is 17.2 Å². The second kappa shape index (κ2) is 5.66. The van der Waals surface area contributed by atoms with E-state index in [-0.39, 0.29) is 11.1 Å². The van der Waals surface area contributed by atoms with Gasteiger partial charge in [-0.3, -0.25) is 9.59 Å². The van der Waals surface area contributed by atoms with Crippen LogP contribution in [0.15, 0.2) is 42.5 Å². The number of carbonyl (C=O) groups is 3. The van der Waals surface area contributed by atoms with Crippen LogP contribution in [0.1, 0.15) is 26.3 Å². The van der Waals surface area contributed by atoms with Gasteiger partial charge in [0.05, 0.1) is 22.3 Å². The molecule has 0 saturated heterocycles. The number of aromatic carboxylic acids is 1. The molecule has 1 aromatic heterocycles. The molecule has 3 N–H and O–H groups in total. The van der Waals surface area contributed by atoms with Gasteiger partial charge < -0.3 is 15.7 Å². The van der Waals surface area contributed by atoms with E-state index in [1.54, 1.807) is 0 Å². The molecule has 26 heavy (non-hydrogen) atoms. The van der Waals surface area contributed by atoms with Gasteiger partial charge in [0.1, 0.15) is 0 Å². The number of aromatic nitrogens is 1. The molecule has 0 radical (unpaired) electrons. The summed E-state index contributed by atoms with van der Waals surface area (Å²) in [5.74, 6) is -2.20. The number of amides is 1. The molecule has 0 unspecified atom stereocenters. The number of nitrogens with one attached hydrogen (secondary N) is 2. The number of carboxylic acids is 1. The Morgan fingerprint density at radius 3 is 2.69 bits per heavy atom. The van der Waals surface area contributed by atoms with Crippen molar-refractivity contribution in [2.45, 2.75) is 6.92 Å². The van der Waals surface area contributed by atoms with Gasteiger partial charge >= 0.3 is 5.97 Å². The van der Waals surface area contributed by atoms with Crippen LogP contribution in [0.3, 0.4) is 0 Å². The molecule has 3 aromatic rings. The van der Waals surface area contributed by atoms with Crippen molar-refractivity contribution in [3.05, 3.63) is 59.2 Å². The summed E-state index contributed by atoms with van der Waals surface area (Å²) in [5, 5.41) is 15.3. The summed E-state index contributed by atoms with van der Waals surface area (Å²) in [6.07, 6.45) is 0. The van der Waals surface area contributed by atoms with Gasteiger partial charge in [-0.2, -0.15) is 0 Å². The Balaban J connectivity index is 1.94. The summed E-state index contributed by atoms with van der Waals surface area (Å²) in [6.45, 7) is 1.94. The highest BCUT2D eigenvalue weighted by atomic mass is 16.4. The first kappa shape index (κ1) is 15.8. The molecule has 1 amide bonds.